The highest BCUT2D eigenvalue weighted by atomic mass is 16.7. The first-order chi connectivity index (χ1) is 7.89. The molecule has 0 bridgehead atoms. The molecular formula is C12H20O5. The minimum Gasteiger partial charge on any atom is -0.499 e. The molecule has 0 amide bonds. The Kier molecular flexibility index (Phi) is 7.25. The first-order valence-corrected chi connectivity index (χ1v) is 5.30. The van der Waals surface area contributed by atoms with Gasteiger partial charge in [-0.25, -0.2) is 4.79 Å². The molecule has 1 N–H and O–H groups in total. The predicted molar refractivity (Wildman–Crippen MR) is 63.5 cm³/mol. The molecule has 0 aliphatic rings. The molecule has 5 heteroatoms. The fraction of sp³-hybridized carbons (Fsp3) is 0.583. The number of hydrogen-bond donors (Lipinski definition) is 1. The van der Waals surface area contributed by atoms with E-state index in [1.165, 1.54) is 6.26 Å². The second-order valence-electron chi connectivity index (χ2n) is 3.79. The lowest BCUT2D eigenvalue weighted by Crippen LogP contribution is -2.30. The van der Waals surface area contributed by atoms with E-state index in [-0.39, 0.29) is 18.6 Å². The van der Waals surface area contributed by atoms with Crippen molar-refractivity contribution in [3.05, 3.63) is 25.0 Å². The lowest BCUT2D eigenvalue weighted by molar-refractivity contribution is -0.216. The minimum absolute atomic E-state index is 0.121. The summed E-state index contributed by atoms with van der Waals surface area (Å²) in [5, 5.41) is 8.60. The number of carboxylic acid groups (broad SMARTS) is 1. The van der Waals surface area contributed by atoms with Crippen molar-refractivity contribution in [2.45, 2.75) is 26.1 Å². The largest absolute Gasteiger partial charge is 0.499 e. The Bertz CT molecular complexity index is 270. The van der Waals surface area contributed by atoms with Crippen LogP contribution in [0.5, 0.6) is 0 Å². The van der Waals surface area contributed by atoms with Crippen molar-refractivity contribution in [3.63, 3.8) is 0 Å². The van der Waals surface area contributed by atoms with Crippen molar-refractivity contribution in [2.24, 2.45) is 0 Å². The number of carboxylic acids is 1. The SMILES string of the molecule is C=COCCOC(C)(C)OCCC(=C)C(=O)O. The standard InChI is InChI=1S/C12H20O5/c1-5-15-8-9-17-12(3,4)16-7-6-10(2)11(13)14/h5H,1-2,6-9H2,3-4H3,(H,13,14). The molecule has 0 aromatic carbocycles. The monoisotopic (exact) mass is 244 g/mol. The Labute approximate surface area is 102 Å². The Morgan fingerprint density at radius 1 is 1.29 bits per heavy atom. The molecule has 0 saturated heterocycles. The minimum atomic E-state index is -1.01. The highest BCUT2D eigenvalue weighted by Crippen LogP contribution is 2.12. The van der Waals surface area contributed by atoms with Gasteiger partial charge in [-0.1, -0.05) is 13.2 Å². The number of rotatable bonds is 10. The van der Waals surface area contributed by atoms with Gasteiger partial charge in [-0.3, -0.25) is 0 Å². The van der Waals surface area contributed by atoms with E-state index in [9.17, 15) is 4.79 Å². The van der Waals surface area contributed by atoms with Crippen LogP contribution in [0.15, 0.2) is 25.0 Å². The van der Waals surface area contributed by atoms with Gasteiger partial charge in [-0.15, -0.1) is 0 Å². The van der Waals surface area contributed by atoms with E-state index in [1.54, 1.807) is 13.8 Å². The topological polar surface area (TPSA) is 65.0 Å². The van der Waals surface area contributed by atoms with Crippen LogP contribution in [0.4, 0.5) is 0 Å². The van der Waals surface area contributed by atoms with Crippen LogP contribution in [-0.4, -0.2) is 36.7 Å². The Balaban J connectivity index is 3.73. The molecule has 0 heterocycles. The molecule has 0 atom stereocenters. The molecule has 98 valence electrons. The van der Waals surface area contributed by atoms with Gasteiger partial charge < -0.3 is 19.3 Å². The van der Waals surface area contributed by atoms with Crippen LogP contribution in [0.25, 0.3) is 0 Å². The van der Waals surface area contributed by atoms with Crippen LogP contribution in [-0.2, 0) is 19.0 Å². The summed E-state index contributed by atoms with van der Waals surface area (Å²) in [7, 11) is 0. The first-order valence-electron chi connectivity index (χ1n) is 5.30. The van der Waals surface area contributed by atoms with Crippen LogP contribution in [0.2, 0.25) is 0 Å². The number of hydrogen-bond acceptors (Lipinski definition) is 4. The van der Waals surface area contributed by atoms with Gasteiger partial charge in [0, 0.05) is 12.0 Å². The summed E-state index contributed by atoms with van der Waals surface area (Å²) in [6, 6.07) is 0. The van der Waals surface area contributed by atoms with Crippen molar-refractivity contribution >= 4 is 5.97 Å². The van der Waals surface area contributed by atoms with Gasteiger partial charge >= 0.3 is 5.97 Å². The maximum Gasteiger partial charge on any atom is 0.331 e. The molecule has 0 fully saturated rings. The van der Waals surface area contributed by atoms with Crippen molar-refractivity contribution in [1.29, 1.82) is 0 Å². The van der Waals surface area contributed by atoms with E-state index >= 15 is 0 Å². The summed E-state index contributed by atoms with van der Waals surface area (Å²) in [4.78, 5) is 10.5. The third-order valence-electron chi connectivity index (χ3n) is 1.92. The lowest BCUT2D eigenvalue weighted by Gasteiger charge is -2.25. The Morgan fingerprint density at radius 2 is 1.88 bits per heavy atom. The number of aliphatic carboxylic acids is 1. The average Bonchev–Trinajstić information content (AvgIpc) is 2.24. The van der Waals surface area contributed by atoms with Crippen molar-refractivity contribution in [3.8, 4) is 0 Å². The average molecular weight is 244 g/mol. The van der Waals surface area contributed by atoms with E-state index < -0.39 is 11.8 Å². The van der Waals surface area contributed by atoms with Gasteiger partial charge in [0.05, 0.1) is 19.5 Å². The molecule has 0 aromatic heterocycles. The zero-order valence-corrected chi connectivity index (χ0v) is 10.4. The summed E-state index contributed by atoms with van der Waals surface area (Å²) >= 11 is 0. The van der Waals surface area contributed by atoms with E-state index in [0.717, 1.165) is 0 Å². The third-order valence-corrected chi connectivity index (χ3v) is 1.92. The zero-order chi connectivity index (χ0) is 13.3. The second kappa shape index (κ2) is 7.86. The van der Waals surface area contributed by atoms with E-state index in [1.807, 2.05) is 0 Å². The molecule has 17 heavy (non-hydrogen) atoms. The molecule has 0 unspecified atom stereocenters. The molecule has 0 aliphatic heterocycles. The molecule has 0 aliphatic carbocycles. The van der Waals surface area contributed by atoms with E-state index in [0.29, 0.717) is 13.2 Å². The molecule has 5 nitrogen and oxygen atoms in total. The van der Waals surface area contributed by atoms with Crippen LogP contribution < -0.4 is 0 Å². The van der Waals surface area contributed by atoms with Crippen molar-refractivity contribution < 1.29 is 24.1 Å². The fourth-order valence-corrected chi connectivity index (χ4v) is 0.988. The summed E-state index contributed by atoms with van der Waals surface area (Å²) < 4.78 is 15.7. The molecule has 0 spiro atoms. The first kappa shape index (κ1) is 15.7. The fourth-order valence-electron chi connectivity index (χ4n) is 0.988. The summed E-state index contributed by atoms with van der Waals surface area (Å²) in [5.41, 5.74) is 0.121. The van der Waals surface area contributed by atoms with Gasteiger partial charge in [0.25, 0.3) is 0 Å². The Hall–Kier alpha value is -1.33. The maximum absolute atomic E-state index is 10.5. The van der Waals surface area contributed by atoms with Crippen LogP contribution in [0, 0.1) is 0 Å². The van der Waals surface area contributed by atoms with E-state index in [2.05, 4.69) is 13.2 Å². The summed E-state index contributed by atoms with van der Waals surface area (Å²) in [5.74, 6) is -1.78. The smallest absolute Gasteiger partial charge is 0.331 e. The van der Waals surface area contributed by atoms with Gasteiger partial charge in [0.1, 0.15) is 6.61 Å². The molecule has 0 radical (unpaired) electrons. The van der Waals surface area contributed by atoms with Crippen LogP contribution in [0.3, 0.4) is 0 Å². The lowest BCUT2D eigenvalue weighted by atomic mass is 10.2. The highest BCUT2D eigenvalue weighted by molar-refractivity contribution is 5.85. The summed E-state index contributed by atoms with van der Waals surface area (Å²) in [6.45, 7) is 11.3. The van der Waals surface area contributed by atoms with Crippen molar-refractivity contribution in [1.82, 2.24) is 0 Å². The number of ether oxygens (including phenoxy) is 3. The van der Waals surface area contributed by atoms with Gasteiger partial charge in [0.15, 0.2) is 5.79 Å². The summed E-state index contributed by atoms with van der Waals surface area (Å²) in [6.07, 6.45) is 1.61. The normalized spacial score (nSPS) is 10.9. The van der Waals surface area contributed by atoms with E-state index in [4.69, 9.17) is 19.3 Å². The highest BCUT2D eigenvalue weighted by Gasteiger charge is 2.19. The second-order valence-corrected chi connectivity index (χ2v) is 3.79. The maximum atomic E-state index is 10.5. The molecule has 0 rings (SSSR count). The van der Waals surface area contributed by atoms with Gasteiger partial charge in [-0.2, -0.15) is 0 Å². The van der Waals surface area contributed by atoms with Gasteiger partial charge in [-0.05, 0) is 13.8 Å². The Morgan fingerprint density at radius 3 is 2.41 bits per heavy atom. The van der Waals surface area contributed by atoms with Crippen LogP contribution >= 0.6 is 0 Å². The third kappa shape index (κ3) is 8.47. The molecular weight excluding hydrogens is 224 g/mol. The predicted octanol–water partition coefficient (Wildman–Crippen LogP) is 1.95. The van der Waals surface area contributed by atoms with Crippen LogP contribution in [0.1, 0.15) is 20.3 Å². The zero-order valence-electron chi connectivity index (χ0n) is 10.4. The number of carbonyl (C=O) groups is 1. The van der Waals surface area contributed by atoms with Crippen molar-refractivity contribution in [2.75, 3.05) is 19.8 Å². The quantitative estimate of drug-likeness (QED) is 0.275. The molecule has 0 aromatic rings. The van der Waals surface area contributed by atoms with Gasteiger partial charge in [0.2, 0.25) is 0 Å². The molecule has 0 saturated carbocycles.